The predicted molar refractivity (Wildman–Crippen MR) is 61.4 cm³/mol. The third kappa shape index (κ3) is 2.09. The van der Waals surface area contributed by atoms with Gasteiger partial charge in [-0.05, 0) is 38.4 Å². The van der Waals surface area contributed by atoms with E-state index in [-0.39, 0.29) is 0 Å². The molecule has 0 aliphatic carbocycles. The largest absolute Gasteiger partial charge is 0.330 e. The minimum atomic E-state index is 0.641. The summed E-state index contributed by atoms with van der Waals surface area (Å²) in [6.45, 7) is 4.42. The second-order valence-electron chi connectivity index (χ2n) is 3.68. The Morgan fingerprint density at radius 2 is 2.12 bits per heavy atom. The minimum Gasteiger partial charge on any atom is -0.330 e. The first-order valence-electron chi connectivity index (χ1n) is 5.26. The molecule has 2 N–H and O–H groups in total. The molecule has 0 fully saturated rings. The highest BCUT2D eigenvalue weighted by atomic mass is 15.4. The van der Waals surface area contributed by atoms with Crippen LogP contribution in [0.15, 0.2) is 18.3 Å². The first kappa shape index (κ1) is 10.8. The second-order valence-corrected chi connectivity index (χ2v) is 3.68. The molecule has 16 heavy (non-hydrogen) atoms. The molecule has 84 valence electrons. The molecule has 0 aromatic carbocycles. The summed E-state index contributed by atoms with van der Waals surface area (Å²) in [6, 6.07) is 3.96. The summed E-state index contributed by atoms with van der Waals surface area (Å²) in [5.41, 5.74) is 6.62. The zero-order valence-electron chi connectivity index (χ0n) is 9.51. The predicted octanol–water partition coefficient (Wildman–Crippen LogP) is 0.780. The van der Waals surface area contributed by atoms with Crippen LogP contribution in [0.2, 0.25) is 0 Å². The number of aromatic nitrogens is 4. The van der Waals surface area contributed by atoms with Gasteiger partial charge in [0.05, 0.1) is 0 Å². The molecule has 5 nitrogen and oxygen atoms in total. The number of nitrogens with two attached hydrogens (primary N) is 1. The SMILES string of the molecule is Cc1nc(C)n(-c2ccc(CCN)cn2)n1. The molecule has 2 aromatic heterocycles. The Kier molecular flexibility index (Phi) is 2.96. The molecule has 0 spiro atoms. The summed E-state index contributed by atoms with van der Waals surface area (Å²) in [6.07, 6.45) is 2.68. The van der Waals surface area contributed by atoms with Crippen molar-refractivity contribution in [3.8, 4) is 5.82 Å². The third-order valence-electron chi connectivity index (χ3n) is 2.33. The Balaban J connectivity index is 2.31. The van der Waals surface area contributed by atoms with Gasteiger partial charge in [0.1, 0.15) is 11.6 Å². The third-order valence-corrected chi connectivity index (χ3v) is 2.33. The fourth-order valence-corrected chi connectivity index (χ4v) is 1.59. The van der Waals surface area contributed by atoms with Gasteiger partial charge in [-0.1, -0.05) is 6.07 Å². The number of rotatable bonds is 3. The van der Waals surface area contributed by atoms with Crippen LogP contribution in [0.1, 0.15) is 17.2 Å². The molecule has 0 radical (unpaired) electrons. The Hall–Kier alpha value is -1.75. The number of nitrogens with zero attached hydrogens (tertiary/aromatic N) is 4. The lowest BCUT2D eigenvalue weighted by molar-refractivity contribution is 0.800. The zero-order chi connectivity index (χ0) is 11.5. The van der Waals surface area contributed by atoms with E-state index < -0.39 is 0 Å². The lowest BCUT2D eigenvalue weighted by atomic mass is 10.2. The Bertz CT molecular complexity index is 472. The van der Waals surface area contributed by atoms with Crippen LogP contribution in [0, 0.1) is 13.8 Å². The lowest BCUT2D eigenvalue weighted by Gasteiger charge is -2.03. The highest BCUT2D eigenvalue weighted by Crippen LogP contribution is 2.07. The number of hydrogen-bond donors (Lipinski definition) is 1. The van der Waals surface area contributed by atoms with Crippen molar-refractivity contribution in [1.29, 1.82) is 0 Å². The van der Waals surface area contributed by atoms with Crippen LogP contribution in [-0.2, 0) is 6.42 Å². The van der Waals surface area contributed by atoms with Gasteiger partial charge < -0.3 is 5.73 Å². The van der Waals surface area contributed by atoms with Gasteiger partial charge in [-0.3, -0.25) is 0 Å². The Morgan fingerprint density at radius 1 is 1.31 bits per heavy atom. The number of pyridine rings is 1. The van der Waals surface area contributed by atoms with Crippen LogP contribution in [-0.4, -0.2) is 26.3 Å². The molecule has 0 aliphatic rings. The standard InChI is InChI=1S/C11H15N5/c1-8-14-9(2)16(15-8)11-4-3-10(5-6-12)7-13-11/h3-4,7H,5-6,12H2,1-2H3. The molecule has 2 rings (SSSR count). The minimum absolute atomic E-state index is 0.641. The maximum atomic E-state index is 5.48. The summed E-state index contributed by atoms with van der Waals surface area (Å²) in [5.74, 6) is 2.39. The van der Waals surface area contributed by atoms with E-state index >= 15 is 0 Å². The smallest absolute Gasteiger partial charge is 0.155 e. The molecular weight excluding hydrogens is 202 g/mol. The summed E-state index contributed by atoms with van der Waals surface area (Å²) in [7, 11) is 0. The first-order valence-corrected chi connectivity index (χ1v) is 5.26. The first-order chi connectivity index (χ1) is 7.70. The molecule has 2 heterocycles. The van der Waals surface area contributed by atoms with E-state index in [9.17, 15) is 0 Å². The van der Waals surface area contributed by atoms with Crippen molar-refractivity contribution in [3.05, 3.63) is 35.5 Å². The fraction of sp³-hybridized carbons (Fsp3) is 0.364. The molecule has 0 saturated heterocycles. The van der Waals surface area contributed by atoms with Gasteiger partial charge >= 0.3 is 0 Å². The summed E-state index contributed by atoms with van der Waals surface area (Å²) >= 11 is 0. The number of hydrogen-bond acceptors (Lipinski definition) is 4. The fourth-order valence-electron chi connectivity index (χ4n) is 1.59. The normalized spacial score (nSPS) is 10.7. The van der Waals surface area contributed by atoms with Crippen LogP contribution in [0.5, 0.6) is 0 Å². The van der Waals surface area contributed by atoms with Crippen molar-refractivity contribution in [2.45, 2.75) is 20.3 Å². The maximum Gasteiger partial charge on any atom is 0.155 e. The van der Waals surface area contributed by atoms with Crippen molar-refractivity contribution < 1.29 is 0 Å². The van der Waals surface area contributed by atoms with Crippen LogP contribution in [0.3, 0.4) is 0 Å². The highest BCUT2D eigenvalue weighted by Gasteiger charge is 2.05. The quantitative estimate of drug-likeness (QED) is 0.824. The van der Waals surface area contributed by atoms with Gasteiger partial charge in [0.25, 0.3) is 0 Å². The monoisotopic (exact) mass is 217 g/mol. The van der Waals surface area contributed by atoms with E-state index in [0.717, 1.165) is 29.5 Å². The molecule has 0 amide bonds. The maximum absolute atomic E-state index is 5.48. The van der Waals surface area contributed by atoms with Gasteiger partial charge in [-0.15, -0.1) is 5.10 Å². The summed E-state index contributed by atoms with van der Waals surface area (Å²) in [4.78, 5) is 8.58. The topological polar surface area (TPSA) is 69.6 Å². The molecule has 2 aromatic rings. The van der Waals surface area contributed by atoms with Crippen LogP contribution in [0.4, 0.5) is 0 Å². The molecule has 5 heteroatoms. The van der Waals surface area contributed by atoms with Crippen LogP contribution < -0.4 is 5.73 Å². The lowest BCUT2D eigenvalue weighted by Crippen LogP contribution is -2.05. The zero-order valence-corrected chi connectivity index (χ0v) is 9.51. The van der Waals surface area contributed by atoms with E-state index in [1.54, 1.807) is 4.68 Å². The van der Waals surface area contributed by atoms with Gasteiger partial charge in [0.2, 0.25) is 0 Å². The van der Waals surface area contributed by atoms with E-state index in [1.807, 2.05) is 32.2 Å². The van der Waals surface area contributed by atoms with Gasteiger partial charge in [0.15, 0.2) is 5.82 Å². The average Bonchev–Trinajstić information content (AvgIpc) is 2.59. The van der Waals surface area contributed by atoms with E-state index in [0.29, 0.717) is 6.54 Å². The Morgan fingerprint density at radius 3 is 2.62 bits per heavy atom. The summed E-state index contributed by atoms with van der Waals surface area (Å²) < 4.78 is 1.74. The average molecular weight is 217 g/mol. The van der Waals surface area contributed by atoms with Crippen LogP contribution in [0.25, 0.3) is 5.82 Å². The molecule has 0 bridgehead atoms. The number of aryl methyl sites for hydroxylation is 2. The Labute approximate surface area is 94.3 Å². The summed E-state index contributed by atoms with van der Waals surface area (Å²) in [5, 5.41) is 4.27. The highest BCUT2D eigenvalue weighted by molar-refractivity contribution is 5.25. The van der Waals surface area contributed by atoms with Crippen molar-refractivity contribution >= 4 is 0 Å². The molecular formula is C11H15N5. The van der Waals surface area contributed by atoms with E-state index in [4.69, 9.17) is 5.73 Å². The molecule has 0 aliphatic heterocycles. The van der Waals surface area contributed by atoms with Gasteiger partial charge in [-0.2, -0.15) is 4.68 Å². The molecule has 0 atom stereocenters. The van der Waals surface area contributed by atoms with Crippen LogP contribution >= 0.6 is 0 Å². The van der Waals surface area contributed by atoms with Crippen molar-refractivity contribution in [3.63, 3.8) is 0 Å². The van der Waals surface area contributed by atoms with E-state index in [2.05, 4.69) is 15.1 Å². The molecule has 0 saturated carbocycles. The second kappa shape index (κ2) is 4.40. The van der Waals surface area contributed by atoms with Crippen molar-refractivity contribution in [2.24, 2.45) is 5.73 Å². The van der Waals surface area contributed by atoms with Gasteiger partial charge in [0, 0.05) is 6.20 Å². The van der Waals surface area contributed by atoms with Gasteiger partial charge in [-0.25, -0.2) is 9.97 Å². The van der Waals surface area contributed by atoms with Crippen molar-refractivity contribution in [2.75, 3.05) is 6.54 Å². The molecule has 0 unspecified atom stereocenters. The van der Waals surface area contributed by atoms with Crippen molar-refractivity contribution in [1.82, 2.24) is 19.7 Å². The van der Waals surface area contributed by atoms with E-state index in [1.165, 1.54) is 0 Å².